The average molecular weight is 296 g/mol. The van der Waals surface area contributed by atoms with E-state index >= 15 is 0 Å². The number of benzene rings is 2. The molecular weight excluding hydrogens is 280 g/mol. The maximum absolute atomic E-state index is 5.41. The summed E-state index contributed by atoms with van der Waals surface area (Å²) in [5, 5.41) is 0. The topological polar surface area (TPSA) is 29.9 Å². The van der Waals surface area contributed by atoms with Crippen molar-refractivity contribution in [2.75, 3.05) is 7.11 Å². The molecule has 1 aromatic heterocycles. The molecule has 0 aliphatic heterocycles. The normalized spacial score (nSPS) is 10.5. The standard InChI is InChI=1S/C17H16N2OS/c1-20-15-9-5-6-13(10-15)12-19-16(11-18-17(19)21)14-7-3-2-4-8-14/h2-11H,12H2,1H3,(H,18,21). The van der Waals surface area contributed by atoms with E-state index in [2.05, 4.69) is 27.8 Å². The van der Waals surface area contributed by atoms with Crippen LogP contribution in [0.2, 0.25) is 0 Å². The number of hydrogen-bond acceptors (Lipinski definition) is 2. The van der Waals surface area contributed by atoms with Gasteiger partial charge in [-0.1, -0.05) is 42.5 Å². The lowest BCUT2D eigenvalue weighted by Crippen LogP contribution is -2.02. The lowest BCUT2D eigenvalue weighted by atomic mass is 10.1. The summed E-state index contributed by atoms with van der Waals surface area (Å²) in [5.41, 5.74) is 3.39. The van der Waals surface area contributed by atoms with Crippen LogP contribution >= 0.6 is 12.2 Å². The van der Waals surface area contributed by atoms with Crippen molar-refractivity contribution in [1.29, 1.82) is 0 Å². The van der Waals surface area contributed by atoms with Crippen molar-refractivity contribution in [3.63, 3.8) is 0 Å². The van der Waals surface area contributed by atoms with Crippen LogP contribution in [0, 0.1) is 4.77 Å². The van der Waals surface area contributed by atoms with Gasteiger partial charge in [-0.15, -0.1) is 0 Å². The molecule has 0 bridgehead atoms. The molecule has 0 atom stereocenters. The van der Waals surface area contributed by atoms with Crippen molar-refractivity contribution in [3.8, 4) is 17.0 Å². The fraction of sp³-hybridized carbons (Fsp3) is 0.118. The molecule has 0 saturated carbocycles. The summed E-state index contributed by atoms with van der Waals surface area (Å²) < 4.78 is 8.09. The van der Waals surface area contributed by atoms with E-state index in [0.29, 0.717) is 6.54 Å². The Kier molecular flexibility index (Phi) is 3.88. The first kappa shape index (κ1) is 13.6. The highest BCUT2D eigenvalue weighted by Crippen LogP contribution is 2.21. The Labute approximate surface area is 128 Å². The minimum atomic E-state index is 0.712. The quantitative estimate of drug-likeness (QED) is 0.729. The summed E-state index contributed by atoms with van der Waals surface area (Å²) in [5.74, 6) is 0.857. The predicted molar refractivity (Wildman–Crippen MR) is 87.1 cm³/mol. The van der Waals surface area contributed by atoms with Gasteiger partial charge in [0.25, 0.3) is 0 Å². The molecule has 3 aromatic rings. The third-order valence-corrected chi connectivity index (χ3v) is 3.75. The van der Waals surface area contributed by atoms with Gasteiger partial charge in [0.15, 0.2) is 4.77 Å². The van der Waals surface area contributed by atoms with Crippen molar-refractivity contribution in [3.05, 3.63) is 71.1 Å². The molecule has 3 rings (SSSR count). The maximum atomic E-state index is 5.41. The van der Waals surface area contributed by atoms with Gasteiger partial charge in [-0.25, -0.2) is 0 Å². The molecule has 0 aliphatic carbocycles. The van der Waals surface area contributed by atoms with Crippen LogP contribution in [-0.4, -0.2) is 16.7 Å². The van der Waals surface area contributed by atoms with E-state index in [4.69, 9.17) is 17.0 Å². The molecule has 0 unspecified atom stereocenters. The highest BCUT2D eigenvalue weighted by atomic mass is 32.1. The van der Waals surface area contributed by atoms with Crippen LogP contribution < -0.4 is 4.74 Å². The summed E-state index contributed by atoms with van der Waals surface area (Å²) in [6, 6.07) is 18.3. The highest BCUT2D eigenvalue weighted by molar-refractivity contribution is 7.71. The number of methoxy groups -OCH3 is 1. The first-order chi connectivity index (χ1) is 10.3. The lowest BCUT2D eigenvalue weighted by Gasteiger charge is -2.10. The monoisotopic (exact) mass is 296 g/mol. The Balaban J connectivity index is 1.99. The van der Waals surface area contributed by atoms with Crippen molar-refractivity contribution in [2.45, 2.75) is 6.54 Å². The van der Waals surface area contributed by atoms with Gasteiger partial charge in [-0.3, -0.25) is 0 Å². The fourth-order valence-electron chi connectivity index (χ4n) is 2.35. The molecule has 3 nitrogen and oxygen atoms in total. The minimum Gasteiger partial charge on any atom is -0.497 e. The van der Waals surface area contributed by atoms with Crippen LogP contribution in [0.15, 0.2) is 60.8 Å². The van der Waals surface area contributed by atoms with Crippen molar-refractivity contribution in [2.24, 2.45) is 0 Å². The third kappa shape index (κ3) is 2.90. The van der Waals surface area contributed by atoms with E-state index in [-0.39, 0.29) is 0 Å². The summed E-state index contributed by atoms with van der Waals surface area (Å²) in [6.07, 6.45) is 1.96. The van der Waals surface area contributed by atoms with Crippen molar-refractivity contribution >= 4 is 12.2 Å². The van der Waals surface area contributed by atoms with Crippen LogP contribution in [0.4, 0.5) is 0 Å². The molecule has 106 valence electrons. The van der Waals surface area contributed by atoms with Gasteiger partial charge in [0.05, 0.1) is 19.3 Å². The summed E-state index contributed by atoms with van der Waals surface area (Å²) in [4.78, 5) is 3.13. The molecule has 1 heterocycles. The van der Waals surface area contributed by atoms with Gasteiger partial charge in [0, 0.05) is 6.20 Å². The number of hydrogen-bond donors (Lipinski definition) is 1. The average Bonchev–Trinajstić information content (AvgIpc) is 2.89. The zero-order chi connectivity index (χ0) is 14.7. The summed E-state index contributed by atoms with van der Waals surface area (Å²) in [6.45, 7) is 0.712. The molecule has 0 fully saturated rings. The van der Waals surface area contributed by atoms with E-state index < -0.39 is 0 Å². The Bertz CT molecular complexity index is 790. The van der Waals surface area contributed by atoms with E-state index in [1.165, 1.54) is 0 Å². The fourth-order valence-corrected chi connectivity index (χ4v) is 2.58. The number of nitrogens with one attached hydrogen (secondary N) is 1. The van der Waals surface area contributed by atoms with Gasteiger partial charge >= 0.3 is 0 Å². The molecule has 0 aliphatic rings. The molecule has 21 heavy (non-hydrogen) atoms. The van der Waals surface area contributed by atoms with E-state index in [1.54, 1.807) is 7.11 Å². The number of imidazole rings is 1. The zero-order valence-electron chi connectivity index (χ0n) is 11.7. The second-order valence-corrected chi connectivity index (χ2v) is 5.17. The van der Waals surface area contributed by atoms with E-state index in [1.807, 2.05) is 42.6 Å². The van der Waals surface area contributed by atoms with E-state index in [0.717, 1.165) is 27.3 Å². The first-order valence-corrected chi connectivity index (χ1v) is 7.15. The number of nitrogens with zero attached hydrogens (tertiary/aromatic N) is 1. The van der Waals surface area contributed by atoms with Crippen LogP contribution in [0.25, 0.3) is 11.3 Å². The highest BCUT2D eigenvalue weighted by Gasteiger charge is 2.07. The largest absolute Gasteiger partial charge is 0.497 e. The van der Waals surface area contributed by atoms with Gasteiger partial charge < -0.3 is 14.3 Å². The van der Waals surface area contributed by atoms with Crippen LogP contribution in [0.1, 0.15) is 5.56 Å². The Morgan fingerprint density at radius 3 is 2.67 bits per heavy atom. The second kappa shape index (κ2) is 5.97. The summed E-state index contributed by atoms with van der Waals surface area (Å²) >= 11 is 5.41. The molecule has 0 saturated heterocycles. The van der Waals surface area contributed by atoms with Gasteiger partial charge in [-0.2, -0.15) is 0 Å². The van der Waals surface area contributed by atoms with Crippen molar-refractivity contribution < 1.29 is 4.74 Å². The predicted octanol–water partition coefficient (Wildman–Crippen LogP) is 4.27. The third-order valence-electron chi connectivity index (χ3n) is 3.41. The second-order valence-electron chi connectivity index (χ2n) is 4.78. The molecule has 1 N–H and O–H groups in total. The molecule has 0 amide bonds. The molecule has 0 spiro atoms. The number of ether oxygens (including phenoxy) is 1. The van der Waals surface area contributed by atoms with Gasteiger partial charge in [-0.05, 0) is 35.5 Å². The smallest absolute Gasteiger partial charge is 0.177 e. The Morgan fingerprint density at radius 2 is 1.90 bits per heavy atom. The molecule has 4 heteroatoms. The van der Waals surface area contributed by atoms with Crippen LogP contribution in [0.5, 0.6) is 5.75 Å². The number of H-pyrrole nitrogens is 1. The Hall–Kier alpha value is -2.33. The number of aromatic amines is 1. The molecular formula is C17H16N2OS. The molecule has 2 aromatic carbocycles. The maximum Gasteiger partial charge on any atom is 0.177 e. The van der Waals surface area contributed by atoms with Crippen LogP contribution in [0.3, 0.4) is 0 Å². The Morgan fingerprint density at radius 1 is 1.10 bits per heavy atom. The lowest BCUT2D eigenvalue weighted by molar-refractivity contribution is 0.414. The SMILES string of the molecule is COc1cccc(Cn2c(-c3ccccc3)c[nH]c2=S)c1. The molecule has 0 radical (unpaired) electrons. The van der Waals surface area contributed by atoms with E-state index in [9.17, 15) is 0 Å². The van der Waals surface area contributed by atoms with Crippen molar-refractivity contribution in [1.82, 2.24) is 9.55 Å². The minimum absolute atomic E-state index is 0.712. The van der Waals surface area contributed by atoms with Gasteiger partial charge in [0.2, 0.25) is 0 Å². The summed E-state index contributed by atoms with van der Waals surface area (Å²) in [7, 11) is 1.68. The van der Waals surface area contributed by atoms with Gasteiger partial charge in [0.1, 0.15) is 5.75 Å². The first-order valence-electron chi connectivity index (χ1n) is 6.74. The van der Waals surface area contributed by atoms with Crippen LogP contribution in [-0.2, 0) is 6.54 Å². The number of rotatable bonds is 4. The number of aromatic nitrogens is 2. The zero-order valence-corrected chi connectivity index (χ0v) is 12.6.